The number of halogens is 5. The van der Waals surface area contributed by atoms with Crippen LogP contribution in [0.5, 0.6) is 0 Å². The number of hydrogen-bond acceptors (Lipinski definition) is 10. The smallest absolute Gasteiger partial charge is 0.147 e. The predicted octanol–water partition coefficient (Wildman–Crippen LogP) is 12.5. The van der Waals surface area contributed by atoms with Gasteiger partial charge in [-0.2, -0.15) is 0 Å². The first-order valence-electron chi connectivity index (χ1n) is 25.4. The number of imidazole rings is 2. The summed E-state index contributed by atoms with van der Waals surface area (Å²) in [6.45, 7) is 19.6. The van der Waals surface area contributed by atoms with Crippen LogP contribution in [0.15, 0.2) is 97.8 Å². The lowest BCUT2D eigenvalue weighted by Crippen LogP contribution is -2.58. The van der Waals surface area contributed by atoms with Gasteiger partial charge in [-0.25, -0.2) is 19.9 Å². The lowest BCUT2D eigenvalue weighted by atomic mass is 9.96. The van der Waals surface area contributed by atoms with Gasteiger partial charge in [0.15, 0.2) is 0 Å². The summed E-state index contributed by atoms with van der Waals surface area (Å²) in [4.78, 5) is 37.4. The van der Waals surface area contributed by atoms with Crippen molar-refractivity contribution in [2.75, 3.05) is 75.2 Å². The van der Waals surface area contributed by atoms with Gasteiger partial charge in [-0.1, -0.05) is 100 Å². The molecule has 0 amide bonds. The van der Waals surface area contributed by atoms with E-state index in [9.17, 15) is 0 Å². The van der Waals surface area contributed by atoms with E-state index < -0.39 is 0 Å². The molecule has 0 radical (unpaired) electrons. The zero-order valence-electron chi connectivity index (χ0n) is 41.4. The number of H-pyrrole nitrogens is 2. The number of alkyl halides is 1. The molecular formula is C54H69BrCl4N12. The Hall–Kier alpha value is -3.76. The van der Waals surface area contributed by atoms with Crippen LogP contribution in [0.4, 0.5) is 11.6 Å². The first-order valence-corrected chi connectivity index (χ1v) is 27.8. The topological polar surface area (TPSA) is 111 Å². The SMILES string of the molecule is CC(Br)c1ccc(Cl)cc1.CC[C@H]1CN(c2ncc(-c3ncc[nH]3)cc2Cl)CCN1C1CCN(C(C)c2ccc(Cl)cc2)CC1.CC[C@H]1CN(c2ncc(-c3ncc[nH]3)cc2Cl)CCN1C1CCNCC1. The van der Waals surface area contributed by atoms with Crippen molar-refractivity contribution in [1.82, 2.24) is 49.9 Å². The summed E-state index contributed by atoms with van der Waals surface area (Å²) in [7, 11) is 0. The van der Waals surface area contributed by atoms with Crippen molar-refractivity contribution in [1.29, 1.82) is 0 Å². The Morgan fingerprint density at radius 2 is 1.04 bits per heavy atom. The minimum absolute atomic E-state index is 0.407. The van der Waals surface area contributed by atoms with Gasteiger partial charge in [0.25, 0.3) is 0 Å². The molecule has 4 saturated heterocycles. The van der Waals surface area contributed by atoms with Crippen LogP contribution >= 0.6 is 62.3 Å². The molecule has 10 rings (SSSR count). The van der Waals surface area contributed by atoms with Crippen molar-refractivity contribution in [3.8, 4) is 22.8 Å². The van der Waals surface area contributed by atoms with Crippen LogP contribution in [-0.4, -0.2) is 134 Å². The fourth-order valence-electron chi connectivity index (χ4n) is 10.7. The Labute approximate surface area is 449 Å². The standard InChI is InChI=1S/C27H34Cl2N6.C19H27ClN6.C8H8BrCl/c1-3-23-18-34(27-25(29)16-21(17-32-27)26-30-10-11-31-26)14-15-35(23)24-8-12-33(13-9-24)19(2)20-4-6-22(28)7-5-20;1-2-15-13-25(9-10-26(15)16-3-5-21-6-4-16)19-17(20)11-14(12-24-19)18-22-7-8-23-18;1-6(9)7-2-4-8(10)5-3-7/h4-7,10-11,16-17,19,23-24H,3,8-9,12-15,18H2,1-2H3,(H,30,31);7-8,11-12,15-16,21H,2-6,9-10,13H2,1H3,(H,22,23);2-6H,1H3/t19?,23-;15-;/m00./s1. The van der Waals surface area contributed by atoms with Crippen molar-refractivity contribution >= 4 is 74.0 Å². The number of nitrogens with zero attached hydrogens (tertiary/aromatic N) is 9. The molecule has 0 aliphatic carbocycles. The average molecular weight is 1110 g/mol. The fraction of sp³-hybridized carbons (Fsp3) is 0.481. The Kier molecular flexibility index (Phi) is 19.6. The van der Waals surface area contributed by atoms with Gasteiger partial charge in [0.2, 0.25) is 0 Å². The van der Waals surface area contributed by atoms with E-state index >= 15 is 0 Å². The lowest BCUT2D eigenvalue weighted by Gasteiger charge is -2.48. The van der Waals surface area contributed by atoms with Crippen LogP contribution in [0.2, 0.25) is 20.1 Å². The summed E-state index contributed by atoms with van der Waals surface area (Å²) in [6.07, 6.45) is 18.0. The van der Waals surface area contributed by atoms with Gasteiger partial charge < -0.3 is 25.1 Å². The summed E-state index contributed by atoms with van der Waals surface area (Å²) in [5.41, 5.74) is 4.43. The maximum atomic E-state index is 6.69. The molecule has 0 spiro atoms. The number of aromatic nitrogens is 6. The maximum Gasteiger partial charge on any atom is 0.147 e. The number of piperidine rings is 2. The largest absolute Gasteiger partial charge is 0.353 e. The summed E-state index contributed by atoms with van der Waals surface area (Å²) in [5.74, 6) is 3.36. The Bertz CT molecular complexity index is 2520. The van der Waals surface area contributed by atoms with Crippen LogP contribution < -0.4 is 15.1 Å². The Balaban J connectivity index is 0.000000164. The second-order valence-corrected chi connectivity index (χ2v) is 22.1. The molecule has 8 heterocycles. The molecule has 380 valence electrons. The van der Waals surface area contributed by atoms with Crippen LogP contribution in [0.3, 0.4) is 0 Å². The molecule has 4 fully saturated rings. The van der Waals surface area contributed by atoms with Gasteiger partial charge in [-0.05, 0) is 113 Å². The third-order valence-electron chi connectivity index (χ3n) is 14.8. The number of likely N-dealkylation sites (tertiary alicyclic amines) is 1. The molecule has 12 nitrogen and oxygen atoms in total. The van der Waals surface area contributed by atoms with E-state index in [0.29, 0.717) is 45.1 Å². The van der Waals surface area contributed by atoms with E-state index in [1.807, 2.05) is 73.3 Å². The molecular weight excluding hydrogens is 1040 g/mol. The van der Waals surface area contributed by atoms with Crippen molar-refractivity contribution in [3.05, 3.63) is 129 Å². The number of rotatable bonds is 11. The molecule has 71 heavy (non-hydrogen) atoms. The lowest BCUT2D eigenvalue weighted by molar-refractivity contribution is 0.0515. The first kappa shape index (κ1) is 53.5. The number of benzene rings is 2. The van der Waals surface area contributed by atoms with Crippen LogP contribution in [0.25, 0.3) is 22.8 Å². The number of piperazine rings is 2. The van der Waals surface area contributed by atoms with Gasteiger partial charge >= 0.3 is 0 Å². The highest BCUT2D eigenvalue weighted by Gasteiger charge is 2.36. The van der Waals surface area contributed by atoms with Gasteiger partial charge in [-0.3, -0.25) is 14.7 Å². The van der Waals surface area contributed by atoms with Gasteiger partial charge in [0.05, 0.1) is 10.0 Å². The number of anilines is 2. The van der Waals surface area contributed by atoms with E-state index in [4.69, 9.17) is 51.4 Å². The molecule has 0 saturated carbocycles. The quantitative estimate of drug-likeness (QED) is 0.108. The molecule has 4 atom stereocenters. The molecule has 0 bridgehead atoms. The molecule has 17 heteroatoms. The van der Waals surface area contributed by atoms with E-state index in [1.165, 1.54) is 36.8 Å². The van der Waals surface area contributed by atoms with Crippen molar-refractivity contribution in [3.63, 3.8) is 0 Å². The third kappa shape index (κ3) is 13.9. The predicted molar refractivity (Wildman–Crippen MR) is 299 cm³/mol. The monoisotopic (exact) mass is 1100 g/mol. The van der Waals surface area contributed by atoms with Crippen LogP contribution in [0, 0.1) is 0 Å². The van der Waals surface area contributed by atoms with E-state index in [1.54, 1.807) is 12.4 Å². The van der Waals surface area contributed by atoms with Crippen LogP contribution in [0.1, 0.15) is 88.2 Å². The summed E-state index contributed by atoms with van der Waals surface area (Å²) in [5, 5.41) is 6.45. The molecule has 2 aromatic carbocycles. The molecule has 4 aromatic heterocycles. The van der Waals surface area contributed by atoms with Crippen molar-refractivity contribution in [2.45, 2.75) is 101 Å². The van der Waals surface area contributed by atoms with Gasteiger partial charge in [-0.15, -0.1) is 0 Å². The molecule has 3 N–H and O–H groups in total. The Morgan fingerprint density at radius 3 is 1.45 bits per heavy atom. The average Bonchev–Trinajstić information content (AvgIpc) is 4.16. The normalized spacial score (nSPS) is 20.7. The molecule has 6 aromatic rings. The third-order valence-corrected chi connectivity index (χ3v) is 16.3. The summed E-state index contributed by atoms with van der Waals surface area (Å²) >= 11 is 28.5. The highest BCUT2D eigenvalue weighted by molar-refractivity contribution is 9.09. The number of nitrogens with one attached hydrogen (secondary N) is 3. The van der Waals surface area contributed by atoms with Crippen LogP contribution in [-0.2, 0) is 0 Å². The number of hydrogen-bond donors (Lipinski definition) is 3. The van der Waals surface area contributed by atoms with E-state index in [2.05, 4.69) is 110 Å². The second-order valence-electron chi connectivity index (χ2n) is 19.1. The maximum absolute atomic E-state index is 6.69. The van der Waals surface area contributed by atoms with E-state index in [-0.39, 0.29) is 0 Å². The zero-order chi connectivity index (χ0) is 49.9. The summed E-state index contributed by atoms with van der Waals surface area (Å²) < 4.78 is 0. The fourth-order valence-corrected chi connectivity index (χ4v) is 11.8. The first-order chi connectivity index (χ1) is 34.5. The number of aromatic amines is 2. The molecule has 2 unspecified atom stereocenters. The number of pyridine rings is 2. The highest BCUT2D eigenvalue weighted by atomic mass is 79.9. The zero-order valence-corrected chi connectivity index (χ0v) is 46.0. The summed E-state index contributed by atoms with van der Waals surface area (Å²) in [6, 6.07) is 22.9. The molecule has 4 aliphatic heterocycles. The molecule has 4 aliphatic rings. The second kappa shape index (κ2) is 25.9. The van der Waals surface area contributed by atoms with Crippen molar-refractivity contribution in [2.24, 2.45) is 0 Å². The minimum Gasteiger partial charge on any atom is -0.353 e. The van der Waals surface area contributed by atoms with Gasteiger partial charge in [0.1, 0.15) is 23.3 Å². The Morgan fingerprint density at radius 1 is 0.592 bits per heavy atom. The minimum atomic E-state index is 0.407. The van der Waals surface area contributed by atoms with Crippen molar-refractivity contribution < 1.29 is 0 Å². The highest BCUT2D eigenvalue weighted by Crippen LogP contribution is 2.34. The van der Waals surface area contributed by atoms with Gasteiger partial charge in [0, 0.05) is 146 Å². The van der Waals surface area contributed by atoms with E-state index in [0.717, 1.165) is 123 Å².